The normalized spacial score (nSPS) is 10.2. The van der Waals surface area contributed by atoms with Crippen LogP contribution in [0.15, 0.2) is 41.3 Å². The molecule has 0 fully saturated rings. The molecule has 0 aromatic heterocycles. The Morgan fingerprint density at radius 3 is 2.41 bits per heavy atom. The maximum absolute atomic E-state index is 12.8. The molecule has 0 bridgehead atoms. The molecule has 0 radical (unpaired) electrons. The summed E-state index contributed by atoms with van der Waals surface area (Å²) in [7, 11) is 1.48. The number of hydrogen-bond acceptors (Lipinski definition) is 6. The number of carbonyl (C=O) groups is 2. The number of carbonyl (C=O) groups excluding carboxylic acids is 2. The Morgan fingerprint density at radius 2 is 1.83 bits per heavy atom. The maximum Gasteiger partial charge on any atom is 0.342 e. The van der Waals surface area contributed by atoms with Crippen LogP contribution < -0.4 is 9.64 Å². The van der Waals surface area contributed by atoms with Gasteiger partial charge in [0.05, 0.1) is 19.6 Å². The van der Waals surface area contributed by atoms with Crippen LogP contribution in [0.5, 0.6) is 5.75 Å². The summed E-state index contributed by atoms with van der Waals surface area (Å²) in [5, 5.41) is 8.93. The topological polar surface area (TPSA) is 79.6 Å². The van der Waals surface area contributed by atoms with Crippen LogP contribution in [-0.4, -0.2) is 38.4 Å². The first-order chi connectivity index (χ1) is 13.9. The number of esters is 1. The van der Waals surface area contributed by atoms with Gasteiger partial charge in [-0.2, -0.15) is 5.26 Å². The molecule has 152 valence electrons. The van der Waals surface area contributed by atoms with E-state index in [0.717, 1.165) is 16.0 Å². The van der Waals surface area contributed by atoms with Gasteiger partial charge in [-0.15, -0.1) is 11.8 Å². The molecule has 0 spiro atoms. The van der Waals surface area contributed by atoms with Gasteiger partial charge in [0.25, 0.3) is 5.91 Å². The van der Waals surface area contributed by atoms with Gasteiger partial charge < -0.3 is 14.4 Å². The van der Waals surface area contributed by atoms with Gasteiger partial charge in [0.2, 0.25) is 0 Å². The second kappa shape index (κ2) is 10.5. The summed E-state index contributed by atoms with van der Waals surface area (Å²) in [6.45, 7) is 3.67. The van der Waals surface area contributed by atoms with Crippen LogP contribution >= 0.6 is 11.8 Å². The molecule has 0 aliphatic heterocycles. The Kier molecular flexibility index (Phi) is 8.10. The fourth-order valence-corrected chi connectivity index (χ4v) is 3.35. The molecule has 0 saturated heterocycles. The number of amides is 1. The van der Waals surface area contributed by atoms with Gasteiger partial charge >= 0.3 is 5.97 Å². The Bertz CT molecular complexity index is 917. The molecular formula is C22H24N2O4S. The lowest BCUT2D eigenvalue weighted by Gasteiger charge is -2.22. The third kappa shape index (κ3) is 6.00. The molecule has 0 aliphatic rings. The van der Waals surface area contributed by atoms with Crippen molar-refractivity contribution in [1.82, 2.24) is 0 Å². The highest BCUT2D eigenvalue weighted by atomic mass is 32.2. The van der Waals surface area contributed by atoms with Crippen LogP contribution in [0.1, 0.15) is 27.9 Å². The van der Waals surface area contributed by atoms with Gasteiger partial charge in [-0.3, -0.25) is 4.79 Å². The number of thioether (sulfide) groups is 1. The van der Waals surface area contributed by atoms with Crippen molar-refractivity contribution in [2.24, 2.45) is 0 Å². The van der Waals surface area contributed by atoms with Gasteiger partial charge in [0, 0.05) is 17.1 Å². The minimum Gasteiger partial charge on any atom is -0.496 e. The van der Waals surface area contributed by atoms with Crippen molar-refractivity contribution in [1.29, 1.82) is 5.26 Å². The van der Waals surface area contributed by atoms with Crippen LogP contribution in [0.4, 0.5) is 5.69 Å². The molecule has 0 atom stereocenters. The molecule has 1 amide bonds. The summed E-state index contributed by atoms with van der Waals surface area (Å²) in [6.07, 6.45) is 2.10. The van der Waals surface area contributed by atoms with E-state index in [1.165, 1.54) is 23.8 Å². The van der Waals surface area contributed by atoms with Crippen LogP contribution in [0, 0.1) is 25.2 Å². The maximum atomic E-state index is 12.8. The number of ether oxygens (including phenoxy) is 2. The van der Waals surface area contributed by atoms with E-state index < -0.39 is 18.5 Å². The SMILES string of the molecule is COc1cc(SC)ccc1C(=O)OCC(=O)N(CCC#N)c1cc(C)cc(C)c1. The molecule has 0 N–H and O–H groups in total. The summed E-state index contributed by atoms with van der Waals surface area (Å²) in [4.78, 5) is 27.7. The highest BCUT2D eigenvalue weighted by Crippen LogP contribution is 2.26. The molecule has 7 heteroatoms. The number of anilines is 1. The second-order valence-corrected chi connectivity index (χ2v) is 7.32. The summed E-state index contributed by atoms with van der Waals surface area (Å²) >= 11 is 1.53. The lowest BCUT2D eigenvalue weighted by atomic mass is 10.1. The van der Waals surface area contributed by atoms with E-state index in [0.29, 0.717) is 11.4 Å². The minimum absolute atomic E-state index is 0.177. The molecule has 0 aliphatic carbocycles. The third-order valence-corrected chi connectivity index (χ3v) is 4.95. The van der Waals surface area contributed by atoms with Gasteiger partial charge in [0.1, 0.15) is 11.3 Å². The zero-order valence-electron chi connectivity index (χ0n) is 17.0. The van der Waals surface area contributed by atoms with E-state index in [1.54, 1.807) is 18.2 Å². The summed E-state index contributed by atoms with van der Waals surface area (Å²) in [6, 6.07) is 12.9. The monoisotopic (exact) mass is 412 g/mol. The average Bonchev–Trinajstić information content (AvgIpc) is 2.71. The smallest absolute Gasteiger partial charge is 0.342 e. The van der Waals surface area contributed by atoms with E-state index in [2.05, 4.69) is 0 Å². The van der Waals surface area contributed by atoms with Crippen LogP contribution in [0.2, 0.25) is 0 Å². The molecule has 2 aromatic carbocycles. The zero-order chi connectivity index (χ0) is 21.4. The van der Waals surface area contributed by atoms with Crippen LogP contribution in [0.25, 0.3) is 0 Å². The van der Waals surface area contributed by atoms with Crippen molar-refractivity contribution in [3.05, 3.63) is 53.1 Å². The molecule has 29 heavy (non-hydrogen) atoms. The summed E-state index contributed by atoms with van der Waals surface area (Å²) in [5.74, 6) is -0.633. The predicted molar refractivity (Wildman–Crippen MR) is 114 cm³/mol. The highest BCUT2D eigenvalue weighted by Gasteiger charge is 2.20. The Hall–Kier alpha value is -2.98. The van der Waals surface area contributed by atoms with Gasteiger partial charge in [0.15, 0.2) is 6.61 Å². The standard InChI is InChI=1S/C22H24N2O4S/c1-15-10-16(2)12-17(11-15)24(9-5-8-23)21(25)14-28-22(26)19-7-6-18(29-4)13-20(19)27-3/h6-7,10-13H,5,9,14H2,1-4H3. The highest BCUT2D eigenvalue weighted by molar-refractivity contribution is 7.98. The summed E-state index contributed by atoms with van der Waals surface area (Å²) in [5.41, 5.74) is 2.95. The number of methoxy groups -OCH3 is 1. The lowest BCUT2D eigenvalue weighted by Crippen LogP contribution is -2.35. The number of nitriles is 1. The first-order valence-corrected chi connectivity index (χ1v) is 10.3. The Balaban J connectivity index is 2.15. The zero-order valence-corrected chi connectivity index (χ0v) is 17.8. The van der Waals surface area contributed by atoms with Crippen molar-refractivity contribution in [3.63, 3.8) is 0 Å². The number of rotatable bonds is 8. The van der Waals surface area contributed by atoms with E-state index in [1.807, 2.05) is 44.4 Å². The summed E-state index contributed by atoms with van der Waals surface area (Å²) < 4.78 is 10.5. The minimum atomic E-state index is -0.636. The van der Waals surface area contributed by atoms with Gasteiger partial charge in [-0.1, -0.05) is 6.07 Å². The molecule has 0 saturated carbocycles. The molecule has 0 heterocycles. The quantitative estimate of drug-likeness (QED) is 0.479. The van der Waals surface area contributed by atoms with E-state index in [4.69, 9.17) is 14.7 Å². The van der Waals surface area contributed by atoms with Gasteiger partial charge in [-0.25, -0.2) is 4.79 Å². The van der Waals surface area contributed by atoms with Gasteiger partial charge in [-0.05, 0) is 61.6 Å². The Morgan fingerprint density at radius 1 is 1.14 bits per heavy atom. The van der Waals surface area contributed by atoms with Crippen LogP contribution in [0.3, 0.4) is 0 Å². The molecular weight excluding hydrogens is 388 g/mol. The fraction of sp³-hybridized carbons (Fsp3) is 0.318. The second-order valence-electron chi connectivity index (χ2n) is 6.44. The Labute approximate surface area is 175 Å². The van der Waals surface area contributed by atoms with Crippen molar-refractivity contribution in [2.75, 3.05) is 31.4 Å². The van der Waals surface area contributed by atoms with E-state index in [9.17, 15) is 9.59 Å². The molecule has 2 aromatic rings. The number of nitrogens with zero attached hydrogens (tertiary/aromatic N) is 2. The lowest BCUT2D eigenvalue weighted by molar-refractivity contribution is -0.121. The molecule has 0 unspecified atom stereocenters. The predicted octanol–water partition coefficient (Wildman–Crippen LogP) is 4.14. The van der Waals surface area contributed by atoms with Crippen LogP contribution in [-0.2, 0) is 9.53 Å². The first-order valence-electron chi connectivity index (χ1n) is 9.04. The van der Waals surface area contributed by atoms with E-state index in [-0.39, 0.29) is 18.5 Å². The molecule has 6 nitrogen and oxygen atoms in total. The van der Waals surface area contributed by atoms with E-state index >= 15 is 0 Å². The number of hydrogen-bond donors (Lipinski definition) is 0. The average molecular weight is 413 g/mol. The number of aryl methyl sites for hydroxylation is 2. The first kappa shape index (κ1) is 22.3. The third-order valence-electron chi connectivity index (χ3n) is 4.22. The largest absolute Gasteiger partial charge is 0.496 e. The number of benzene rings is 2. The van der Waals surface area contributed by atoms with Crippen molar-refractivity contribution in [2.45, 2.75) is 25.2 Å². The fourth-order valence-electron chi connectivity index (χ4n) is 2.92. The molecule has 2 rings (SSSR count). The van der Waals surface area contributed by atoms with Crippen molar-refractivity contribution < 1.29 is 19.1 Å². The van der Waals surface area contributed by atoms with Crippen molar-refractivity contribution in [3.8, 4) is 11.8 Å². The van der Waals surface area contributed by atoms with Crippen molar-refractivity contribution >= 4 is 29.3 Å².